The Hall–Kier alpha value is -2.16. The molecule has 0 saturated carbocycles. The lowest BCUT2D eigenvalue weighted by Crippen LogP contribution is -2.59. The van der Waals surface area contributed by atoms with Gasteiger partial charge in [0.1, 0.15) is 5.69 Å². The molecule has 0 N–H and O–H groups in total. The van der Waals surface area contributed by atoms with E-state index in [-0.39, 0.29) is 36.8 Å². The van der Waals surface area contributed by atoms with Crippen molar-refractivity contribution >= 4 is 11.6 Å². The maximum atomic E-state index is 12.7. The maximum absolute atomic E-state index is 12.7. The summed E-state index contributed by atoms with van der Waals surface area (Å²) in [5.41, 5.74) is 0.823. The molecule has 1 fully saturated rings. The highest BCUT2D eigenvalue weighted by Gasteiger charge is 2.39. The van der Waals surface area contributed by atoms with Gasteiger partial charge in [-0.2, -0.15) is 18.3 Å². The number of carbonyl (C=O) groups excluding carboxylic acids is 1. The SMILES string of the molecule is C[C@@H]1CN(C(=O)c2ccn3nccc3n2)C[C@H](C)N1CC(F)(F)F. The van der Waals surface area contributed by atoms with E-state index in [9.17, 15) is 18.0 Å². The van der Waals surface area contributed by atoms with Gasteiger partial charge in [-0.15, -0.1) is 0 Å². The molecule has 0 radical (unpaired) electrons. The van der Waals surface area contributed by atoms with Crippen LogP contribution in [0, 0.1) is 0 Å². The van der Waals surface area contributed by atoms with Gasteiger partial charge in [-0.3, -0.25) is 9.69 Å². The van der Waals surface area contributed by atoms with E-state index in [1.165, 1.54) is 4.90 Å². The Morgan fingerprint density at radius 2 is 1.92 bits per heavy atom. The van der Waals surface area contributed by atoms with Gasteiger partial charge in [0, 0.05) is 37.4 Å². The molecule has 2 atom stereocenters. The molecule has 6 nitrogen and oxygen atoms in total. The van der Waals surface area contributed by atoms with Gasteiger partial charge in [0.2, 0.25) is 0 Å². The van der Waals surface area contributed by atoms with Crippen molar-refractivity contribution in [3.8, 4) is 0 Å². The highest BCUT2D eigenvalue weighted by Crippen LogP contribution is 2.24. The Balaban J connectivity index is 1.75. The van der Waals surface area contributed by atoms with Gasteiger partial charge in [-0.25, -0.2) is 9.50 Å². The zero-order valence-electron chi connectivity index (χ0n) is 13.4. The summed E-state index contributed by atoms with van der Waals surface area (Å²) in [5, 5.41) is 4.02. The topological polar surface area (TPSA) is 53.7 Å². The third-order valence-electron chi connectivity index (χ3n) is 4.23. The quantitative estimate of drug-likeness (QED) is 0.836. The van der Waals surface area contributed by atoms with Gasteiger partial charge in [0.05, 0.1) is 12.7 Å². The molecular weight excluding hydrogens is 323 g/mol. The first-order valence-corrected chi connectivity index (χ1v) is 7.67. The summed E-state index contributed by atoms with van der Waals surface area (Å²) in [5.74, 6) is -0.274. The largest absolute Gasteiger partial charge is 0.401 e. The van der Waals surface area contributed by atoms with E-state index in [0.717, 1.165) is 0 Å². The van der Waals surface area contributed by atoms with Gasteiger partial charge in [0.15, 0.2) is 5.65 Å². The average Bonchev–Trinajstić information content (AvgIpc) is 2.96. The standard InChI is InChI=1S/C15H18F3N5O/c1-10-7-21(8-11(2)22(10)9-15(16,17)18)14(24)12-4-6-23-13(20-12)3-5-19-23/h3-6,10-11H,7-9H2,1-2H3/t10-,11+. The summed E-state index contributed by atoms with van der Waals surface area (Å²) < 4.78 is 39.6. The zero-order chi connectivity index (χ0) is 17.5. The van der Waals surface area contributed by atoms with Crippen molar-refractivity contribution < 1.29 is 18.0 Å². The minimum Gasteiger partial charge on any atom is -0.334 e. The van der Waals surface area contributed by atoms with Crippen LogP contribution in [0.5, 0.6) is 0 Å². The number of fused-ring (bicyclic) bond motifs is 1. The lowest BCUT2D eigenvalue weighted by Gasteiger charge is -2.44. The maximum Gasteiger partial charge on any atom is 0.401 e. The number of hydrogen-bond acceptors (Lipinski definition) is 4. The minimum absolute atomic E-state index is 0.241. The second-order valence-corrected chi connectivity index (χ2v) is 6.14. The van der Waals surface area contributed by atoms with Crippen LogP contribution in [-0.4, -0.2) is 68.2 Å². The summed E-state index contributed by atoms with van der Waals surface area (Å²) in [7, 11) is 0. The van der Waals surface area contributed by atoms with Crippen LogP contribution in [0.3, 0.4) is 0 Å². The van der Waals surface area contributed by atoms with Crippen molar-refractivity contribution in [3.05, 3.63) is 30.2 Å². The van der Waals surface area contributed by atoms with Crippen LogP contribution in [0.15, 0.2) is 24.5 Å². The average molecular weight is 341 g/mol. The van der Waals surface area contributed by atoms with Crippen molar-refractivity contribution in [1.29, 1.82) is 0 Å². The molecule has 3 heterocycles. The van der Waals surface area contributed by atoms with E-state index in [2.05, 4.69) is 10.1 Å². The number of nitrogens with zero attached hydrogens (tertiary/aromatic N) is 5. The van der Waals surface area contributed by atoms with Crippen LogP contribution in [0.2, 0.25) is 0 Å². The molecule has 1 amide bonds. The van der Waals surface area contributed by atoms with Crippen LogP contribution in [0.25, 0.3) is 5.65 Å². The second kappa shape index (κ2) is 6.04. The normalized spacial score (nSPS) is 23.0. The number of halogens is 3. The Bertz CT molecular complexity index is 732. The smallest absolute Gasteiger partial charge is 0.334 e. The monoisotopic (exact) mass is 341 g/mol. The van der Waals surface area contributed by atoms with E-state index in [1.807, 2.05) is 0 Å². The molecule has 2 aromatic heterocycles. The van der Waals surface area contributed by atoms with Crippen molar-refractivity contribution in [2.45, 2.75) is 32.1 Å². The van der Waals surface area contributed by atoms with E-state index in [1.54, 1.807) is 47.8 Å². The molecule has 130 valence electrons. The summed E-state index contributed by atoms with van der Waals surface area (Å²) in [6.45, 7) is 2.93. The highest BCUT2D eigenvalue weighted by molar-refractivity contribution is 5.92. The van der Waals surface area contributed by atoms with Crippen molar-refractivity contribution in [2.75, 3.05) is 19.6 Å². The third kappa shape index (κ3) is 3.35. The van der Waals surface area contributed by atoms with E-state index in [4.69, 9.17) is 0 Å². The number of rotatable bonds is 2. The predicted molar refractivity (Wildman–Crippen MR) is 80.6 cm³/mol. The first-order chi connectivity index (χ1) is 11.2. The summed E-state index contributed by atoms with van der Waals surface area (Å²) in [6.07, 6.45) is -1.03. The first kappa shape index (κ1) is 16.7. The third-order valence-corrected chi connectivity index (χ3v) is 4.23. The Morgan fingerprint density at radius 1 is 1.25 bits per heavy atom. The molecule has 3 rings (SSSR count). The number of hydrogen-bond donors (Lipinski definition) is 0. The number of piperazine rings is 1. The minimum atomic E-state index is -4.25. The molecule has 1 aliphatic heterocycles. The van der Waals surface area contributed by atoms with E-state index >= 15 is 0 Å². The highest BCUT2D eigenvalue weighted by atomic mass is 19.4. The molecular formula is C15H18F3N5O. The van der Waals surface area contributed by atoms with Crippen molar-refractivity contribution in [1.82, 2.24) is 24.4 Å². The van der Waals surface area contributed by atoms with Gasteiger partial charge < -0.3 is 4.90 Å². The summed E-state index contributed by atoms with van der Waals surface area (Å²) in [4.78, 5) is 19.8. The molecule has 24 heavy (non-hydrogen) atoms. The number of amides is 1. The predicted octanol–water partition coefficient (Wildman–Crippen LogP) is 1.83. The van der Waals surface area contributed by atoms with Crippen LogP contribution >= 0.6 is 0 Å². The van der Waals surface area contributed by atoms with E-state index < -0.39 is 12.7 Å². The molecule has 0 aromatic carbocycles. The molecule has 0 aliphatic carbocycles. The summed E-state index contributed by atoms with van der Waals surface area (Å²) >= 11 is 0. The van der Waals surface area contributed by atoms with Gasteiger partial charge >= 0.3 is 6.18 Å². The van der Waals surface area contributed by atoms with Gasteiger partial charge in [-0.1, -0.05) is 0 Å². The number of carbonyl (C=O) groups is 1. The molecule has 1 aliphatic rings. The second-order valence-electron chi connectivity index (χ2n) is 6.14. The lowest BCUT2D eigenvalue weighted by molar-refractivity contribution is -0.160. The summed E-state index contributed by atoms with van der Waals surface area (Å²) in [6, 6.07) is 2.50. The van der Waals surface area contributed by atoms with Gasteiger partial charge in [-0.05, 0) is 19.9 Å². The fraction of sp³-hybridized carbons (Fsp3) is 0.533. The lowest BCUT2D eigenvalue weighted by atomic mass is 10.1. The van der Waals surface area contributed by atoms with Crippen molar-refractivity contribution in [2.24, 2.45) is 0 Å². The fourth-order valence-electron chi connectivity index (χ4n) is 3.13. The molecule has 1 saturated heterocycles. The van der Waals surface area contributed by atoms with Crippen molar-refractivity contribution in [3.63, 3.8) is 0 Å². The fourth-order valence-corrected chi connectivity index (χ4v) is 3.13. The molecule has 0 spiro atoms. The number of alkyl halides is 3. The van der Waals surface area contributed by atoms with Gasteiger partial charge in [0.25, 0.3) is 5.91 Å². The van der Waals surface area contributed by atoms with Crippen LogP contribution < -0.4 is 0 Å². The van der Waals surface area contributed by atoms with E-state index in [0.29, 0.717) is 5.65 Å². The van der Waals surface area contributed by atoms with Crippen LogP contribution in [0.4, 0.5) is 13.2 Å². The first-order valence-electron chi connectivity index (χ1n) is 7.67. The molecule has 0 unspecified atom stereocenters. The molecule has 9 heteroatoms. The Labute approximate surface area is 136 Å². The van der Waals surface area contributed by atoms with Crippen LogP contribution in [-0.2, 0) is 0 Å². The van der Waals surface area contributed by atoms with Crippen LogP contribution in [0.1, 0.15) is 24.3 Å². The Kier molecular flexibility index (Phi) is 4.20. The molecule has 2 aromatic rings. The Morgan fingerprint density at radius 3 is 2.54 bits per heavy atom. The number of aromatic nitrogens is 3. The zero-order valence-corrected chi connectivity index (χ0v) is 13.4. The molecule has 0 bridgehead atoms.